The van der Waals surface area contributed by atoms with Crippen LogP contribution >= 0.6 is 9.03 Å². The predicted octanol–water partition coefficient (Wildman–Crippen LogP) is 4.33. The van der Waals surface area contributed by atoms with Crippen molar-refractivity contribution in [2.75, 3.05) is 18.9 Å². The number of nitrogen functional groups attached to an aromatic ring is 1. The fourth-order valence-electron chi connectivity index (χ4n) is 4.02. The molecule has 2 aromatic carbocycles. The Morgan fingerprint density at radius 1 is 1.21 bits per heavy atom. The van der Waals surface area contributed by atoms with Crippen LogP contribution in [0.2, 0.25) is 0 Å². The van der Waals surface area contributed by atoms with Gasteiger partial charge in [-0.2, -0.15) is 5.10 Å². The lowest BCUT2D eigenvalue weighted by atomic mass is 10.1. The van der Waals surface area contributed by atoms with E-state index in [1.807, 2.05) is 40.9 Å². The minimum absolute atomic E-state index is 0.0253. The molecule has 1 fully saturated rings. The average Bonchev–Trinajstić information content (AvgIpc) is 3.61. The van der Waals surface area contributed by atoms with Crippen LogP contribution in [0.15, 0.2) is 60.9 Å². The van der Waals surface area contributed by atoms with Crippen LogP contribution in [0.5, 0.6) is 5.75 Å². The van der Waals surface area contributed by atoms with Crippen molar-refractivity contribution in [3.63, 3.8) is 0 Å². The second kappa shape index (κ2) is 15.0. The number of nitrogens with two attached hydrogens (primary N) is 2. The number of esters is 1. The van der Waals surface area contributed by atoms with Gasteiger partial charge >= 0.3 is 5.97 Å². The first-order chi connectivity index (χ1) is 19.0. The molecule has 1 aliphatic rings. The lowest BCUT2D eigenvalue weighted by molar-refractivity contribution is -0.144. The largest absolute Gasteiger partial charge is 0.465 e. The number of carbonyl (C=O) groups excluding carboxylic acids is 1. The number of nitriles is 1. The van der Waals surface area contributed by atoms with Crippen molar-refractivity contribution < 1.29 is 23.3 Å². The quantitative estimate of drug-likeness (QED) is 0.183. The predicted molar refractivity (Wildman–Crippen MR) is 150 cm³/mol. The summed E-state index contributed by atoms with van der Waals surface area (Å²) >= 11 is 0. The van der Waals surface area contributed by atoms with Gasteiger partial charge in [0.05, 0.1) is 25.0 Å². The molecule has 12 heteroatoms. The van der Waals surface area contributed by atoms with Crippen molar-refractivity contribution in [2.24, 2.45) is 5.73 Å². The molecular weight excluding hydrogens is 519 g/mol. The fraction of sp³-hybridized carbons (Fsp3) is 0.333. The van der Waals surface area contributed by atoms with E-state index in [9.17, 15) is 4.79 Å². The summed E-state index contributed by atoms with van der Waals surface area (Å²) in [5.41, 5.74) is 12.9. The molecule has 2 aromatic heterocycles. The van der Waals surface area contributed by atoms with Gasteiger partial charge in [0.15, 0.2) is 5.82 Å². The summed E-state index contributed by atoms with van der Waals surface area (Å²) in [5.74, 6) is 0.965. The number of hydrogen-bond donors (Lipinski definition) is 2. The van der Waals surface area contributed by atoms with E-state index in [2.05, 4.69) is 39.6 Å². The number of hydrogen-bond acceptors (Lipinski definition) is 10. The van der Waals surface area contributed by atoms with Gasteiger partial charge in [-0.3, -0.25) is 4.79 Å². The summed E-state index contributed by atoms with van der Waals surface area (Å²) in [5, 5.41) is 13.0. The monoisotopic (exact) mass is 552 g/mol. The summed E-state index contributed by atoms with van der Waals surface area (Å²) in [7, 11) is -0.0752. The number of fused-ring (bicyclic) bond motifs is 2. The van der Waals surface area contributed by atoms with Crippen molar-refractivity contribution in [1.29, 1.82) is 5.26 Å². The number of nitrogens with zero attached hydrogens (tertiary/aromatic N) is 4. The van der Waals surface area contributed by atoms with Crippen molar-refractivity contribution in [2.45, 2.75) is 44.9 Å². The van der Waals surface area contributed by atoms with Crippen LogP contribution in [0.1, 0.15) is 38.5 Å². The highest BCUT2D eigenvalue weighted by molar-refractivity contribution is 7.26. The third kappa shape index (κ3) is 7.85. The topological polar surface area (TPSA) is 160 Å². The zero-order valence-electron chi connectivity index (χ0n) is 21.9. The number of rotatable bonds is 8. The van der Waals surface area contributed by atoms with E-state index >= 15 is 0 Å². The Hall–Kier alpha value is -3.81. The molecule has 0 radical (unpaired) electrons. The number of ether oxygens (including phenoxy) is 2. The molecule has 1 aliphatic heterocycles. The normalized spacial score (nSPS) is 17.3. The minimum atomic E-state index is -0.491. The zero-order valence-corrected chi connectivity index (χ0v) is 22.9. The summed E-state index contributed by atoms with van der Waals surface area (Å²) < 4.78 is 24.2. The molecule has 1 saturated heterocycles. The smallest absolute Gasteiger partial charge is 0.322 e. The van der Waals surface area contributed by atoms with Gasteiger partial charge in [0.1, 0.15) is 29.7 Å². The van der Waals surface area contributed by atoms with E-state index < -0.39 is 6.04 Å². The van der Waals surface area contributed by atoms with Gasteiger partial charge in [-0.15, -0.1) is 0 Å². The van der Waals surface area contributed by atoms with Crippen LogP contribution in [0, 0.1) is 11.8 Å². The lowest BCUT2D eigenvalue weighted by Crippen LogP contribution is -2.28. The van der Waals surface area contributed by atoms with E-state index in [1.165, 1.54) is 6.33 Å². The molecule has 0 saturated carbocycles. The highest BCUT2D eigenvalue weighted by Crippen LogP contribution is 2.35. The van der Waals surface area contributed by atoms with Crippen LogP contribution < -0.4 is 16.0 Å². The number of benzene rings is 2. The molecule has 39 heavy (non-hydrogen) atoms. The highest BCUT2D eigenvalue weighted by atomic mass is 31.1. The molecule has 0 amide bonds. The molecular formula is C27H33N6O5P. The first-order valence-electron chi connectivity index (χ1n) is 12.4. The third-order valence-corrected chi connectivity index (χ3v) is 6.42. The van der Waals surface area contributed by atoms with Crippen LogP contribution in [0.25, 0.3) is 16.3 Å². The van der Waals surface area contributed by atoms with Crippen LogP contribution in [0.3, 0.4) is 0 Å². The van der Waals surface area contributed by atoms with Crippen LogP contribution in [-0.4, -0.2) is 45.9 Å². The molecule has 0 aliphatic carbocycles. The molecule has 4 atom stereocenters. The van der Waals surface area contributed by atoms with Crippen LogP contribution in [-0.2, 0) is 18.8 Å². The van der Waals surface area contributed by atoms with Crippen molar-refractivity contribution >= 4 is 37.1 Å². The van der Waals surface area contributed by atoms with E-state index in [-0.39, 0.29) is 27.2 Å². The maximum absolute atomic E-state index is 10.4. The fourth-order valence-corrected chi connectivity index (χ4v) is 4.60. The van der Waals surface area contributed by atoms with Gasteiger partial charge in [-0.25, -0.2) is 14.8 Å². The summed E-state index contributed by atoms with van der Waals surface area (Å²) in [6.45, 7) is 7.75. The number of carbonyl (C=O) groups is 1. The molecule has 206 valence electrons. The van der Waals surface area contributed by atoms with Crippen molar-refractivity contribution in [3.8, 4) is 12.3 Å². The molecule has 0 bridgehead atoms. The van der Waals surface area contributed by atoms with Gasteiger partial charge in [0.2, 0.25) is 9.03 Å². The summed E-state index contributed by atoms with van der Waals surface area (Å²) in [6.07, 6.45) is 3.32. The van der Waals surface area contributed by atoms with Crippen molar-refractivity contribution in [1.82, 2.24) is 14.6 Å². The maximum Gasteiger partial charge on any atom is 0.322 e. The van der Waals surface area contributed by atoms with Gasteiger partial charge < -0.3 is 30.0 Å². The third-order valence-electron chi connectivity index (χ3n) is 5.84. The molecule has 3 heterocycles. The summed E-state index contributed by atoms with van der Waals surface area (Å²) in [6, 6.07) is 17.6. The molecule has 5 rings (SSSR count). The molecule has 4 N–H and O–H groups in total. The second-order valence-electron chi connectivity index (χ2n) is 8.54. The van der Waals surface area contributed by atoms with Crippen LogP contribution in [0.4, 0.5) is 5.82 Å². The standard InChI is InChI=1S/C21H21N4O3P.C5H11NO2.CHN/c22-21-18-10-9-17(25(18)24-13-23-21)20-11-8-15(27-20)12-26-29-28-19-7-3-5-14-4-1-2-6-16(14)19;1-3-8-5(7)4(2)6;1-2/h1-7,9-10,13,15,20,29H,8,11-12H2,(H2,22,23,24);4H,3,6H2,1-2H3;1H. The minimum Gasteiger partial charge on any atom is -0.465 e. The van der Waals surface area contributed by atoms with Crippen molar-refractivity contribution in [3.05, 3.63) is 66.6 Å². The van der Waals surface area contributed by atoms with Gasteiger partial charge in [0, 0.05) is 12.0 Å². The Kier molecular flexibility index (Phi) is 11.4. The van der Waals surface area contributed by atoms with E-state index in [1.54, 1.807) is 13.8 Å². The zero-order chi connectivity index (χ0) is 28.2. The Balaban J connectivity index is 0.000000364. The Morgan fingerprint density at radius 2 is 1.97 bits per heavy atom. The number of anilines is 1. The number of aromatic nitrogens is 3. The maximum atomic E-state index is 10.4. The first-order valence-corrected chi connectivity index (χ1v) is 13.2. The molecule has 11 nitrogen and oxygen atoms in total. The van der Waals surface area contributed by atoms with E-state index in [0.717, 1.165) is 40.6 Å². The summed E-state index contributed by atoms with van der Waals surface area (Å²) in [4.78, 5) is 14.4. The molecule has 4 unspecified atom stereocenters. The highest BCUT2D eigenvalue weighted by Gasteiger charge is 2.29. The second-order valence-corrected chi connectivity index (χ2v) is 9.20. The van der Waals surface area contributed by atoms with Gasteiger partial charge in [-0.1, -0.05) is 36.4 Å². The SMILES string of the molecule is C#N.CCOC(=O)C(C)N.Nc1ncnn2c(C3CCC(COPOc4cccc5ccccc45)O3)ccc12. The Labute approximate surface area is 228 Å². The lowest BCUT2D eigenvalue weighted by Gasteiger charge is -2.14. The van der Waals surface area contributed by atoms with Gasteiger partial charge in [0.25, 0.3) is 0 Å². The molecule has 0 spiro atoms. The van der Waals surface area contributed by atoms with E-state index in [4.69, 9.17) is 30.5 Å². The molecule has 4 aromatic rings. The van der Waals surface area contributed by atoms with Gasteiger partial charge in [-0.05, 0) is 50.3 Å². The Morgan fingerprint density at radius 3 is 2.72 bits per heavy atom. The Bertz CT molecular complexity index is 1370. The van der Waals surface area contributed by atoms with E-state index in [0.29, 0.717) is 19.0 Å². The first kappa shape index (κ1) is 29.7. The average molecular weight is 553 g/mol.